The first-order valence-corrected chi connectivity index (χ1v) is 10.9. The summed E-state index contributed by atoms with van der Waals surface area (Å²) in [4.78, 5) is 5.79. The number of nitrogens with zero attached hydrogens (tertiary/aromatic N) is 1. The van der Waals surface area contributed by atoms with Crippen molar-refractivity contribution in [1.29, 1.82) is 0 Å². The van der Waals surface area contributed by atoms with Crippen molar-refractivity contribution < 1.29 is 13.5 Å². The highest BCUT2D eigenvalue weighted by atomic mass is 35.5. The van der Waals surface area contributed by atoms with Crippen LogP contribution in [0.15, 0.2) is 36.5 Å². The molecule has 31 heavy (non-hydrogen) atoms. The minimum atomic E-state index is -0.196. The number of rotatable bonds is 8. The van der Waals surface area contributed by atoms with Gasteiger partial charge in [-0.05, 0) is 93.1 Å². The maximum Gasteiger partial charge on any atom is 0.126 e. The molecule has 0 amide bonds. The fourth-order valence-corrected chi connectivity index (χ4v) is 4.88. The normalized spacial score (nSPS) is 15.7. The number of ether oxygens (including phenoxy) is 1. The van der Waals surface area contributed by atoms with Crippen molar-refractivity contribution in [2.24, 2.45) is 0 Å². The Hall–Kier alpha value is -2.11. The molecule has 0 fully saturated rings. The lowest BCUT2D eigenvalue weighted by atomic mass is 9.86. The second-order valence-corrected chi connectivity index (χ2v) is 8.25. The maximum atomic E-state index is 14.3. The molecule has 168 valence electrons. The van der Waals surface area contributed by atoms with Gasteiger partial charge in [0.05, 0.1) is 7.11 Å². The van der Waals surface area contributed by atoms with Crippen LogP contribution < -0.4 is 4.74 Å². The van der Waals surface area contributed by atoms with Gasteiger partial charge < -0.3 is 14.6 Å². The van der Waals surface area contributed by atoms with E-state index in [2.05, 4.69) is 16.8 Å². The summed E-state index contributed by atoms with van der Waals surface area (Å²) in [6.45, 7) is 4.21. The standard InChI is InChI=1S/C25H30F2N2O.ClH/c1-3-12-29(13-4-5-17-16-28-24-10-6-18(26)14-21(17)24)19-7-8-20-22(15-19)25(30-2)11-9-23(20)27;/h6,9-11,14,16,19,28H,3-5,7-8,12-13,15H2,1-2H3;1H. The van der Waals surface area contributed by atoms with Crippen LogP contribution in [0.4, 0.5) is 8.78 Å². The number of hydrogen-bond acceptors (Lipinski definition) is 2. The van der Waals surface area contributed by atoms with Gasteiger partial charge >= 0.3 is 0 Å². The number of methoxy groups -OCH3 is 1. The lowest BCUT2D eigenvalue weighted by Gasteiger charge is -2.35. The summed E-state index contributed by atoms with van der Waals surface area (Å²) in [5.41, 5.74) is 4.00. The van der Waals surface area contributed by atoms with Crippen molar-refractivity contribution in [2.45, 2.75) is 51.5 Å². The highest BCUT2D eigenvalue weighted by Gasteiger charge is 2.27. The van der Waals surface area contributed by atoms with E-state index in [-0.39, 0.29) is 24.0 Å². The van der Waals surface area contributed by atoms with Gasteiger partial charge in [-0.25, -0.2) is 8.78 Å². The molecule has 0 spiro atoms. The smallest absolute Gasteiger partial charge is 0.126 e. The van der Waals surface area contributed by atoms with Crippen molar-refractivity contribution >= 4 is 23.3 Å². The lowest BCUT2D eigenvalue weighted by molar-refractivity contribution is 0.176. The zero-order valence-corrected chi connectivity index (χ0v) is 19.0. The van der Waals surface area contributed by atoms with Crippen molar-refractivity contribution in [3.63, 3.8) is 0 Å². The van der Waals surface area contributed by atoms with Crippen molar-refractivity contribution in [3.8, 4) is 5.75 Å². The Morgan fingerprint density at radius 1 is 1.13 bits per heavy atom. The first-order chi connectivity index (χ1) is 14.6. The third kappa shape index (κ3) is 5.04. The van der Waals surface area contributed by atoms with E-state index in [4.69, 9.17) is 4.74 Å². The Morgan fingerprint density at radius 2 is 1.97 bits per heavy atom. The summed E-state index contributed by atoms with van der Waals surface area (Å²) < 4.78 is 33.4. The molecule has 1 aliphatic rings. The predicted molar refractivity (Wildman–Crippen MR) is 124 cm³/mol. The van der Waals surface area contributed by atoms with Crippen LogP contribution in [-0.2, 0) is 19.3 Å². The van der Waals surface area contributed by atoms with E-state index < -0.39 is 0 Å². The van der Waals surface area contributed by atoms with Crippen molar-refractivity contribution in [1.82, 2.24) is 9.88 Å². The summed E-state index contributed by atoms with van der Waals surface area (Å²) in [6, 6.07) is 8.56. The van der Waals surface area contributed by atoms with Gasteiger partial charge in [-0.2, -0.15) is 0 Å². The number of benzene rings is 2. The Labute approximate surface area is 189 Å². The zero-order valence-electron chi connectivity index (χ0n) is 18.2. The molecule has 1 aliphatic carbocycles. The minimum Gasteiger partial charge on any atom is -0.496 e. The molecule has 0 saturated heterocycles. The van der Waals surface area contributed by atoms with E-state index in [1.54, 1.807) is 25.3 Å². The summed E-state index contributed by atoms with van der Waals surface area (Å²) in [5.74, 6) is 0.490. The van der Waals surface area contributed by atoms with Crippen molar-refractivity contribution in [2.75, 3.05) is 20.2 Å². The molecule has 2 aromatic carbocycles. The molecule has 3 nitrogen and oxygen atoms in total. The van der Waals surface area contributed by atoms with E-state index >= 15 is 0 Å². The van der Waals surface area contributed by atoms with E-state index in [1.807, 2.05) is 6.20 Å². The number of H-pyrrole nitrogens is 1. The summed E-state index contributed by atoms with van der Waals surface area (Å²) in [6.07, 6.45) is 7.55. The second kappa shape index (κ2) is 10.5. The van der Waals surface area contributed by atoms with Crippen LogP contribution in [0.5, 0.6) is 5.75 Å². The molecule has 0 aliphatic heterocycles. The fourth-order valence-electron chi connectivity index (χ4n) is 4.88. The van der Waals surface area contributed by atoms with Gasteiger partial charge in [0, 0.05) is 28.7 Å². The maximum absolute atomic E-state index is 14.3. The number of nitrogens with one attached hydrogen (secondary N) is 1. The number of fused-ring (bicyclic) bond motifs is 2. The number of aryl methyl sites for hydroxylation is 1. The van der Waals surface area contributed by atoms with E-state index in [9.17, 15) is 8.78 Å². The molecule has 1 atom stereocenters. The molecule has 1 N–H and O–H groups in total. The third-order valence-corrected chi connectivity index (χ3v) is 6.37. The Kier molecular flexibility index (Phi) is 7.95. The molecule has 0 radical (unpaired) electrons. The minimum absolute atomic E-state index is 0. The van der Waals surface area contributed by atoms with Crippen LogP contribution in [-0.4, -0.2) is 36.1 Å². The average Bonchev–Trinajstić information content (AvgIpc) is 3.15. The molecule has 4 rings (SSSR count). The monoisotopic (exact) mass is 448 g/mol. The molecule has 0 saturated carbocycles. The quantitative estimate of drug-likeness (QED) is 0.452. The van der Waals surface area contributed by atoms with Crippen LogP contribution in [0, 0.1) is 11.6 Å². The lowest BCUT2D eigenvalue weighted by Crippen LogP contribution is -2.41. The molecule has 3 aromatic rings. The average molecular weight is 449 g/mol. The van der Waals surface area contributed by atoms with E-state index in [0.717, 1.165) is 79.4 Å². The highest BCUT2D eigenvalue weighted by molar-refractivity contribution is 5.85. The predicted octanol–water partition coefficient (Wildman–Crippen LogP) is 6.08. The second-order valence-electron chi connectivity index (χ2n) is 8.25. The molecule has 1 aromatic heterocycles. The largest absolute Gasteiger partial charge is 0.496 e. The zero-order chi connectivity index (χ0) is 21.1. The highest BCUT2D eigenvalue weighted by Crippen LogP contribution is 2.33. The van der Waals surface area contributed by atoms with E-state index in [0.29, 0.717) is 6.04 Å². The molecular formula is C25H31ClF2N2O. The SMILES string of the molecule is CCCN(CCCc1c[nH]c2ccc(F)cc12)C1CCc2c(F)ccc(OC)c2C1.Cl. The summed E-state index contributed by atoms with van der Waals surface area (Å²) in [7, 11) is 1.66. The van der Waals surface area contributed by atoms with Crippen LogP contribution in [0.25, 0.3) is 10.9 Å². The molecule has 0 bridgehead atoms. The van der Waals surface area contributed by atoms with Crippen LogP contribution in [0.2, 0.25) is 0 Å². The van der Waals surface area contributed by atoms with E-state index in [1.165, 1.54) is 17.7 Å². The van der Waals surface area contributed by atoms with Gasteiger partial charge in [0.25, 0.3) is 0 Å². The number of aromatic nitrogens is 1. The van der Waals surface area contributed by atoms with Crippen molar-refractivity contribution in [3.05, 3.63) is 64.9 Å². The third-order valence-electron chi connectivity index (χ3n) is 6.37. The van der Waals surface area contributed by atoms with Crippen LogP contribution in [0.3, 0.4) is 0 Å². The molecule has 1 heterocycles. The summed E-state index contributed by atoms with van der Waals surface area (Å²) >= 11 is 0. The number of aromatic amines is 1. The Balaban J connectivity index is 0.00000272. The first kappa shape index (κ1) is 23.6. The molecular weight excluding hydrogens is 418 g/mol. The van der Waals surface area contributed by atoms with Gasteiger partial charge in [0.1, 0.15) is 17.4 Å². The van der Waals surface area contributed by atoms with Gasteiger partial charge in [-0.3, -0.25) is 0 Å². The topological polar surface area (TPSA) is 28.3 Å². The van der Waals surface area contributed by atoms with Crippen LogP contribution in [0.1, 0.15) is 42.9 Å². The van der Waals surface area contributed by atoms with Gasteiger partial charge in [-0.1, -0.05) is 6.92 Å². The Morgan fingerprint density at radius 3 is 2.74 bits per heavy atom. The van der Waals surface area contributed by atoms with Gasteiger partial charge in [-0.15, -0.1) is 12.4 Å². The Bertz CT molecular complexity index is 1020. The first-order valence-electron chi connectivity index (χ1n) is 10.9. The number of hydrogen-bond donors (Lipinski definition) is 1. The summed E-state index contributed by atoms with van der Waals surface area (Å²) in [5, 5.41) is 0.976. The van der Waals surface area contributed by atoms with Gasteiger partial charge in [0.2, 0.25) is 0 Å². The molecule has 1 unspecified atom stereocenters. The van der Waals surface area contributed by atoms with Gasteiger partial charge in [0.15, 0.2) is 0 Å². The van der Waals surface area contributed by atoms with Crippen LogP contribution >= 0.6 is 12.4 Å². The number of halogens is 3. The molecule has 6 heteroatoms. The fraction of sp³-hybridized carbons (Fsp3) is 0.440.